The maximum Gasteiger partial charge on any atom is 0.402 e. The Balaban J connectivity index is 2.55. The number of ether oxygens (including phenoxy) is 2. The number of esters is 1. The molecule has 94 valence electrons. The standard InChI is InChI=1S/C7H10F2O6S/c1-6(2-14-3-6)5(10)15-4-7(8,9)16(11,12)13/h2-4H2,1H3,(H,11,12,13). The van der Waals surface area contributed by atoms with E-state index < -0.39 is 33.4 Å². The predicted molar refractivity (Wildman–Crippen MR) is 46.4 cm³/mol. The number of alkyl halides is 2. The molecule has 0 aliphatic carbocycles. The van der Waals surface area contributed by atoms with Crippen LogP contribution >= 0.6 is 0 Å². The smallest absolute Gasteiger partial charge is 0.402 e. The molecule has 1 saturated heterocycles. The first-order valence-corrected chi connectivity index (χ1v) is 5.62. The molecule has 1 fully saturated rings. The molecular formula is C7H10F2O6S. The second-order valence-corrected chi connectivity index (χ2v) is 5.29. The summed E-state index contributed by atoms with van der Waals surface area (Å²) < 4.78 is 62.7. The van der Waals surface area contributed by atoms with Crippen LogP contribution in [0.5, 0.6) is 0 Å². The maximum absolute atomic E-state index is 12.7. The van der Waals surface area contributed by atoms with Gasteiger partial charge in [-0.05, 0) is 6.92 Å². The van der Waals surface area contributed by atoms with Crippen molar-refractivity contribution in [1.29, 1.82) is 0 Å². The third-order valence-electron chi connectivity index (χ3n) is 2.08. The van der Waals surface area contributed by atoms with Crippen molar-refractivity contribution in [2.75, 3.05) is 19.8 Å². The van der Waals surface area contributed by atoms with Gasteiger partial charge in [0.05, 0.1) is 13.2 Å². The first-order chi connectivity index (χ1) is 7.08. The molecule has 16 heavy (non-hydrogen) atoms. The average molecular weight is 260 g/mol. The maximum atomic E-state index is 12.7. The molecule has 1 aliphatic rings. The largest absolute Gasteiger partial charge is 0.457 e. The molecule has 1 N–H and O–H groups in total. The molecule has 6 nitrogen and oxygen atoms in total. The third-order valence-corrected chi connectivity index (χ3v) is 2.96. The molecule has 0 unspecified atom stereocenters. The zero-order valence-electron chi connectivity index (χ0n) is 8.27. The average Bonchev–Trinajstić information content (AvgIpc) is 2.08. The van der Waals surface area contributed by atoms with Gasteiger partial charge in [0, 0.05) is 0 Å². The van der Waals surface area contributed by atoms with Crippen LogP contribution in [0.4, 0.5) is 8.78 Å². The Morgan fingerprint density at radius 1 is 1.56 bits per heavy atom. The number of hydrogen-bond donors (Lipinski definition) is 1. The van der Waals surface area contributed by atoms with E-state index in [2.05, 4.69) is 4.74 Å². The van der Waals surface area contributed by atoms with Gasteiger partial charge in [0.1, 0.15) is 5.41 Å². The summed E-state index contributed by atoms with van der Waals surface area (Å²) >= 11 is 0. The van der Waals surface area contributed by atoms with E-state index in [9.17, 15) is 22.0 Å². The van der Waals surface area contributed by atoms with Gasteiger partial charge >= 0.3 is 21.3 Å². The van der Waals surface area contributed by atoms with Crippen LogP contribution in [0.1, 0.15) is 6.92 Å². The van der Waals surface area contributed by atoms with Crippen molar-refractivity contribution in [1.82, 2.24) is 0 Å². The minimum absolute atomic E-state index is 0.0310. The first-order valence-electron chi connectivity index (χ1n) is 4.18. The van der Waals surface area contributed by atoms with E-state index in [1.807, 2.05) is 0 Å². The van der Waals surface area contributed by atoms with Crippen molar-refractivity contribution in [3.63, 3.8) is 0 Å². The fraction of sp³-hybridized carbons (Fsp3) is 0.857. The van der Waals surface area contributed by atoms with Crippen LogP contribution < -0.4 is 0 Å². The van der Waals surface area contributed by atoms with Gasteiger partial charge in [0.15, 0.2) is 6.61 Å². The zero-order chi connectivity index (χ0) is 12.6. The molecule has 1 rings (SSSR count). The molecule has 0 atom stereocenters. The van der Waals surface area contributed by atoms with E-state index in [1.54, 1.807) is 0 Å². The van der Waals surface area contributed by atoms with Crippen molar-refractivity contribution in [2.24, 2.45) is 5.41 Å². The molecule has 0 amide bonds. The molecular weight excluding hydrogens is 250 g/mol. The van der Waals surface area contributed by atoms with Crippen molar-refractivity contribution < 1.29 is 36.0 Å². The summed E-state index contributed by atoms with van der Waals surface area (Å²) in [6.45, 7) is -0.211. The Kier molecular flexibility index (Phi) is 3.23. The molecule has 0 bridgehead atoms. The predicted octanol–water partition coefficient (Wildman–Crippen LogP) is 0.0467. The van der Waals surface area contributed by atoms with Gasteiger partial charge in [-0.15, -0.1) is 0 Å². The van der Waals surface area contributed by atoms with Crippen molar-refractivity contribution >= 4 is 16.1 Å². The summed E-state index contributed by atoms with van der Waals surface area (Å²) in [6.07, 6.45) is 0. The van der Waals surface area contributed by atoms with Crippen LogP contribution in [-0.2, 0) is 24.4 Å². The second kappa shape index (κ2) is 3.90. The summed E-state index contributed by atoms with van der Waals surface area (Å²) in [7, 11) is -5.57. The quantitative estimate of drug-likeness (QED) is 0.567. The molecule has 9 heteroatoms. The third kappa shape index (κ3) is 2.47. The molecule has 0 aromatic rings. The van der Waals surface area contributed by atoms with Crippen LogP contribution in [0.15, 0.2) is 0 Å². The van der Waals surface area contributed by atoms with Gasteiger partial charge in [-0.2, -0.15) is 17.2 Å². The molecule has 1 heterocycles. The van der Waals surface area contributed by atoms with Crippen LogP contribution in [-0.4, -0.2) is 44.0 Å². The van der Waals surface area contributed by atoms with Crippen LogP contribution in [0, 0.1) is 5.41 Å². The van der Waals surface area contributed by atoms with Crippen molar-refractivity contribution in [3.8, 4) is 0 Å². The molecule has 1 aliphatic heterocycles. The number of hydrogen-bond acceptors (Lipinski definition) is 5. The number of halogens is 2. The Morgan fingerprint density at radius 2 is 2.06 bits per heavy atom. The van der Waals surface area contributed by atoms with Crippen molar-refractivity contribution in [2.45, 2.75) is 12.2 Å². The SMILES string of the molecule is CC1(C(=O)OCC(F)(F)S(=O)(=O)O)COC1. The lowest BCUT2D eigenvalue weighted by Gasteiger charge is -2.35. The van der Waals surface area contributed by atoms with Gasteiger partial charge in [-0.3, -0.25) is 9.35 Å². The lowest BCUT2D eigenvalue weighted by atomic mass is 9.89. The molecule has 0 aromatic heterocycles. The first kappa shape index (κ1) is 13.3. The Morgan fingerprint density at radius 3 is 2.38 bits per heavy atom. The van der Waals surface area contributed by atoms with Gasteiger partial charge in [0.2, 0.25) is 0 Å². The van der Waals surface area contributed by atoms with Crippen molar-refractivity contribution in [3.05, 3.63) is 0 Å². The highest BCUT2D eigenvalue weighted by Crippen LogP contribution is 2.29. The highest BCUT2D eigenvalue weighted by Gasteiger charge is 2.48. The summed E-state index contributed by atoms with van der Waals surface area (Å²) in [5.74, 6) is -0.984. The van der Waals surface area contributed by atoms with Gasteiger partial charge in [0.25, 0.3) is 0 Å². The zero-order valence-corrected chi connectivity index (χ0v) is 9.09. The fourth-order valence-corrected chi connectivity index (χ4v) is 1.13. The summed E-state index contributed by atoms with van der Waals surface area (Å²) in [5.41, 5.74) is -1.02. The van der Waals surface area contributed by atoms with Crippen LogP contribution in [0.25, 0.3) is 0 Å². The Hall–Kier alpha value is -0.800. The number of rotatable bonds is 4. The van der Waals surface area contributed by atoms with Gasteiger partial charge < -0.3 is 9.47 Å². The van der Waals surface area contributed by atoms with E-state index in [0.29, 0.717) is 0 Å². The molecule has 0 spiro atoms. The Bertz CT molecular complexity index is 386. The summed E-state index contributed by atoms with van der Waals surface area (Å²) in [4.78, 5) is 11.2. The van der Waals surface area contributed by atoms with E-state index in [-0.39, 0.29) is 13.2 Å². The summed E-state index contributed by atoms with van der Waals surface area (Å²) in [6, 6.07) is 0. The highest BCUT2D eigenvalue weighted by molar-refractivity contribution is 7.86. The van der Waals surface area contributed by atoms with Crippen LogP contribution in [0.3, 0.4) is 0 Å². The topological polar surface area (TPSA) is 89.9 Å². The van der Waals surface area contributed by atoms with E-state index in [0.717, 1.165) is 0 Å². The fourth-order valence-electron chi connectivity index (χ4n) is 0.924. The Labute approximate surface area is 90.3 Å². The minimum Gasteiger partial charge on any atom is -0.457 e. The molecule has 0 saturated carbocycles. The normalized spacial score (nSPS) is 20.0. The molecule has 0 aromatic carbocycles. The lowest BCUT2D eigenvalue weighted by molar-refractivity contribution is -0.187. The lowest BCUT2D eigenvalue weighted by Crippen LogP contribution is -2.48. The van der Waals surface area contributed by atoms with Gasteiger partial charge in [-0.1, -0.05) is 0 Å². The summed E-state index contributed by atoms with van der Waals surface area (Å²) in [5, 5.41) is -4.50. The second-order valence-electron chi connectivity index (χ2n) is 3.74. The van der Waals surface area contributed by atoms with Crippen LogP contribution in [0.2, 0.25) is 0 Å². The monoisotopic (exact) mass is 260 g/mol. The highest BCUT2D eigenvalue weighted by atomic mass is 32.2. The minimum atomic E-state index is -5.57. The van der Waals surface area contributed by atoms with E-state index in [4.69, 9.17) is 9.29 Å². The number of carbonyl (C=O) groups is 1. The van der Waals surface area contributed by atoms with E-state index in [1.165, 1.54) is 6.92 Å². The number of carbonyl (C=O) groups excluding carboxylic acids is 1. The molecule has 0 radical (unpaired) electrons. The van der Waals surface area contributed by atoms with Gasteiger partial charge in [-0.25, -0.2) is 0 Å². The van der Waals surface area contributed by atoms with E-state index >= 15 is 0 Å².